The summed E-state index contributed by atoms with van der Waals surface area (Å²) in [5.41, 5.74) is 1.21. The van der Waals surface area contributed by atoms with Crippen LogP contribution in [0.2, 0.25) is 5.02 Å². The van der Waals surface area contributed by atoms with Gasteiger partial charge in [0.15, 0.2) is 0 Å². The van der Waals surface area contributed by atoms with Gasteiger partial charge >= 0.3 is 7.69 Å². The van der Waals surface area contributed by atoms with Crippen molar-refractivity contribution in [2.24, 2.45) is 0 Å². The normalized spacial score (nSPS) is 8.00. The van der Waals surface area contributed by atoms with Crippen LogP contribution in [0.4, 0.5) is 0 Å². The highest BCUT2D eigenvalue weighted by Crippen LogP contribution is 2.08. The van der Waals surface area contributed by atoms with E-state index in [-0.39, 0.29) is 0 Å². The molecule has 2 N–H and O–H groups in total. The van der Waals surface area contributed by atoms with E-state index in [4.69, 9.17) is 21.6 Å². The van der Waals surface area contributed by atoms with Gasteiger partial charge in [-0.1, -0.05) is 23.7 Å². The van der Waals surface area contributed by atoms with E-state index in [0.717, 1.165) is 5.02 Å². The maximum absolute atomic E-state index is 7.12. The van der Waals surface area contributed by atoms with E-state index < -0.39 is 7.69 Å². The lowest BCUT2D eigenvalue weighted by Crippen LogP contribution is -1.75. The lowest BCUT2D eigenvalue weighted by molar-refractivity contribution is 0.448. The first-order valence-electron chi connectivity index (χ1n) is 3.14. The Bertz CT molecular complexity index is 188. The van der Waals surface area contributed by atoms with Crippen molar-refractivity contribution in [1.82, 2.24) is 0 Å². The summed E-state index contributed by atoms with van der Waals surface area (Å²) in [6, 6.07) is 7.76. The van der Waals surface area contributed by atoms with Gasteiger partial charge < -0.3 is 10.0 Å². The number of hydrogen-bond acceptors (Lipinski definition) is 2. The maximum atomic E-state index is 7.12. The largest absolute Gasteiger partial charge is 0.432 e. The molecule has 0 heterocycles. The molecule has 0 radical (unpaired) electrons. The van der Waals surface area contributed by atoms with Gasteiger partial charge in [0.05, 0.1) is 0 Å². The van der Waals surface area contributed by atoms with Crippen molar-refractivity contribution >= 4 is 19.3 Å². The average molecular weight is 172 g/mol. The fourth-order valence-corrected chi connectivity index (χ4v) is 0.850. The van der Waals surface area contributed by atoms with Crippen LogP contribution in [-0.4, -0.2) is 17.7 Å². The third kappa shape index (κ3) is 5.92. The molecule has 0 spiro atoms. The van der Waals surface area contributed by atoms with Crippen molar-refractivity contribution in [3.05, 3.63) is 34.9 Å². The molecule has 4 heteroatoms. The first kappa shape index (κ1) is 10.5. The molecular weight excluding hydrogens is 162 g/mol. The van der Waals surface area contributed by atoms with E-state index in [1.807, 2.05) is 31.2 Å². The molecule has 0 bridgehead atoms. The Hall–Kier alpha value is -0.505. The number of aryl methyl sites for hydroxylation is 1. The number of rotatable bonds is 0. The summed E-state index contributed by atoms with van der Waals surface area (Å²) in [5, 5.41) is 15.1. The van der Waals surface area contributed by atoms with Crippen LogP contribution < -0.4 is 0 Å². The van der Waals surface area contributed by atoms with Gasteiger partial charge in [0.25, 0.3) is 0 Å². The Morgan fingerprint density at radius 2 is 1.91 bits per heavy atom. The summed E-state index contributed by atoms with van der Waals surface area (Å²) in [6.07, 6.45) is 0. The van der Waals surface area contributed by atoms with Gasteiger partial charge in [-0.25, -0.2) is 0 Å². The first-order valence-corrected chi connectivity index (χ1v) is 3.52. The van der Waals surface area contributed by atoms with Crippen LogP contribution in [0.3, 0.4) is 0 Å². The summed E-state index contributed by atoms with van der Waals surface area (Å²) in [6.45, 7) is 2.02. The molecule has 2 nitrogen and oxygen atoms in total. The molecule has 1 aromatic rings. The van der Waals surface area contributed by atoms with Crippen LogP contribution in [0, 0.1) is 6.92 Å². The monoisotopic (exact) mass is 172 g/mol. The molecule has 0 saturated carbocycles. The quantitative estimate of drug-likeness (QED) is 0.571. The van der Waals surface area contributed by atoms with Gasteiger partial charge in [-0.3, -0.25) is 0 Å². The predicted octanol–water partition coefficient (Wildman–Crippen LogP) is 0.886. The SMILES string of the molecule is Cc1cccc(Cl)c1.OBO. The molecule has 0 aliphatic rings. The number of benzene rings is 1. The molecule has 11 heavy (non-hydrogen) atoms. The topological polar surface area (TPSA) is 40.5 Å². The lowest BCUT2D eigenvalue weighted by Gasteiger charge is -1.88. The van der Waals surface area contributed by atoms with Gasteiger partial charge in [0, 0.05) is 5.02 Å². The van der Waals surface area contributed by atoms with E-state index in [0.29, 0.717) is 0 Å². The predicted molar refractivity (Wildman–Crippen MR) is 47.8 cm³/mol. The summed E-state index contributed by atoms with van der Waals surface area (Å²) in [4.78, 5) is 0. The number of hydrogen-bond donors (Lipinski definition) is 2. The molecule has 1 rings (SSSR count). The standard InChI is InChI=1S/C7H7Cl.BH3O2/c1-6-3-2-4-7(8)5-6;2-1-3/h2-5H,1H3;1-3H. The summed E-state index contributed by atoms with van der Waals surface area (Å²) < 4.78 is 0. The summed E-state index contributed by atoms with van der Waals surface area (Å²) in [5.74, 6) is 0. The highest BCUT2D eigenvalue weighted by atomic mass is 35.5. The van der Waals surface area contributed by atoms with Crippen LogP contribution in [0.15, 0.2) is 24.3 Å². The van der Waals surface area contributed by atoms with Crippen LogP contribution in [0.5, 0.6) is 0 Å². The Morgan fingerprint density at radius 3 is 2.18 bits per heavy atom. The Morgan fingerprint density at radius 1 is 1.36 bits per heavy atom. The second-order valence-corrected chi connectivity index (χ2v) is 2.38. The first-order chi connectivity index (χ1) is 5.20. The highest BCUT2D eigenvalue weighted by Gasteiger charge is 1.82. The molecule has 0 aromatic heterocycles. The molecule has 60 valence electrons. The molecule has 0 fully saturated rings. The van der Waals surface area contributed by atoms with Crippen LogP contribution in [0.1, 0.15) is 5.56 Å². The Kier molecular flexibility index (Phi) is 5.94. The molecular formula is C7H10BClO2. The van der Waals surface area contributed by atoms with Crippen molar-refractivity contribution in [2.75, 3.05) is 0 Å². The minimum Gasteiger partial charge on any atom is -0.430 e. The van der Waals surface area contributed by atoms with Crippen molar-refractivity contribution < 1.29 is 10.0 Å². The molecule has 0 aliphatic heterocycles. The molecule has 0 unspecified atom stereocenters. The van der Waals surface area contributed by atoms with Crippen LogP contribution in [0.25, 0.3) is 0 Å². The van der Waals surface area contributed by atoms with E-state index in [1.54, 1.807) is 0 Å². The smallest absolute Gasteiger partial charge is 0.430 e. The Labute approximate surface area is 71.8 Å². The van der Waals surface area contributed by atoms with Crippen molar-refractivity contribution in [3.8, 4) is 0 Å². The van der Waals surface area contributed by atoms with Gasteiger partial charge in [-0.05, 0) is 24.6 Å². The molecule has 1 aromatic carbocycles. The second kappa shape index (κ2) is 6.22. The fraction of sp³-hybridized carbons (Fsp3) is 0.143. The third-order valence-electron chi connectivity index (χ3n) is 0.980. The van der Waals surface area contributed by atoms with Crippen molar-refractivity contribution in [2.45, 2.75) is 6.92 Å². The molecule has 0 atom stereocenters. The minimum atomic E-state index is -0.750. The Balaban J connectivity index is 0.000000292. The lowest BCUT2D eigenvalue weighted by atomic mass is 10.2. The van der Waals surface area contributed by atoms with E-state index in [9.17, 15) is 0 Å². The zero-order chi connectivity index (χ0) is 8.69. The minimum absolute atomic E-state index is 0.750. The van der Waals surface area contributed by atoms with Crippen LogP contribution >= 0.6 is 11.6 Å². The van der Waals surface area contributed by atoms with E-state index >= 15 is 0 Å². The molecule has 0 aliphatic carbocycles. The molecule has 0 amide bonds. The van der Waals surface area contributed by atoms with Gasteiger partial charge in [-0.2, -0.15) is 0 Å². The van der Waals surface area contributed by atoms with Crippen molar-refractivity contribution in [1.29, 1.82) is 0 Å². The van der Waals surface area contributed by atoms with E-state index in [1.165, 1.54) is 5.56 Å². The summed E-state index contributed by atoms with van der Waals surface area (Å²) >= 11 is 5.64. The van der Waals surface area contributed by atoms with E-state index in [2.05, 4.69) is 0 Å². The molecule has 0 saturated heterocycles. The van der Waals surface area contributed by atoms with Crippen LogP contribution in [-0.2, 0) is 0 Å². The highest BCUT2D eigenvalue weighted by molar-refractivity contribution is 6.30. The number of halogens is 1. The van der Waals surface area contributed by atoms with Gasteiger partial charge in [0.2, 0.25) is 0 Å². The zero-order valence-corrected chi connectivity index (χ0v) is 7.04. The zero-order valence-electron chi connectivity index (χ0n) is 6.29. The summed E-state index contributed by atoms with van der Waals surface area (Å²) in [7, 11) is -0.750. The second-order valence-electron chi connectivity index (χ2n) is 1.94. The third-order valence-corrected chi connectivity index (χ3v) is 1.22. The maximum Gasteiger partial charge on any atom is 0.432 e. The fourth-order valence-electron chi connectivity index (χ4n) is 0.606. The average Bonchev–Trinajstić information content (AvgIpc) is 1.88. The van der Waals surface area contributed by atoms with Crippen molar-refractivity contribution in [3.63, 3.8) is 0 Å². The van der Waals surface area contributed by atoms with Gasteiger partial charge in [-0.15, -0.1) is 0 Å². The van der Waals surface area contributed by atoms with Gasteiger partial charge in [0.1, 0.15) is 0 Å².